The van der Waals surface area contributed by atoms with E-state index in [0.29, 0.717) is 24.3 Å². The van der Waals surface area contributed by atoms with Gasteiger partial charge >= 0.3 is 0 Å². The van der Waals surface area contributed by atoms with E-state index in [-0.39, 0.29) is 17.7 Å². The lowest BCUT2D eigenvalue weighted by atomic mass is 9.98. The molecule has 3 heterocycles. The Kier molecular flexibility index (Phi) is 5.01. The minimum atomic E-state index is -0.811. The summed E-state index contributed by atoms with van der Waals surface area (Å²) in [6.07, 6.45) is 1.59. The molecule has 0 radical (unpaired) electrons. The van der Waals surface area contributed by atoms with Crippen molar-refractivity contribution in [1.82, 2.24) is 19.7 Å². The molecular weight excluding hydrogens is 377 g/mol. The third-order valence-corrected chi connectivity index (χ3v) is 6.01. The number of hydrogen-bond acceptors (Lipinski definition) is 6. The van der Waals surface area contributed by atoms with E-state index < -0.39 is 6.17 Å². The lowest BCUT2D eigenvalue weighted by Gasteiger charge is -2.32. The summed E-state index contributed by atoms with van der Waals surface area (Å²) >= 11 is 1.50. The smallest absolute Gasteiger partial charge is 0.194 e. The van der Waals surface area contributed by atoms with Gasteiger partial charge in [-0.1, -0.05) is 31.3 Å². The third kappa shape index (κ3) is 3.71. The molecule has 0 unspecified atom stereocenters. The van der Waals surface area contributed by atoms with Crippen LogP contribution >= 0.6 is 11.3 Å². The van der Waals surface area contributed by atoms with Gasteiger partial charge in [0.25, 0.3) is 0 Å². The first-order valence-electron chi connectivity index (χ1n) is 9.59. The van der Waals surface area contributed by atoms with Gasteiger partial charge in [0.2, 0.25) is 0 Å². The number of aromatic hydroxyl groups is 1. The minimum absolute atomic E-state index is 0.0461. The third-order valence-electron chi connectivity index (χ3n) is 5.10. The first kappa shape index (κ1) is 19.1. The molecule has 0 amide bonds. The highest BCUT2D eigenvalue weighted by Crippen LogP contribution is 2.34. The molecule has 0 aliphatic carbocycles. The van der Waals surface area contributed by atoms with E-state index >= 15 is 0 Å². The van der Waals surface area contributed by atoms with Gasteiger partial charge in [0.15, 0.2) is 10.8 Å². The molecule has 2 aromatic heterocycles. The zero-order valence-electron chi connectivity index (χ0n) is 16.6. The number of phenolic OH excluding ortho intramolecular Hbond substituents is 1. The van der Waals surface area contributed by atoms with Gasteiger partial charge in [-0.25, -0.2) is 9.07 Å². The van der Waals surface area contributed by atoms with Crippen LogP contribution in [-0.4, -0.2) is 57.1 Å². The van der Waals surface area contributed by atoms with Crippen LogP contribution in [-0.2, 0) is 0 Å². The van der Waals surface area contributed by atoms with Crippen molar-refractivity contribution in [2.24, 2.45) is 0 Å². The number of piperidine rings is 1. The topological polar surface area (TPSA) is 66.2 Å². The summed E-state index contributed by atoms with van der Waals surface area (Å²) in [4.78, 5) is 6.58. The highest BCUT2D eigenvalue weighted by molar-refractivity contribution is 7.22. The molecule has 6 nitrogen and oxygen atoms in total. The summed E-state index contributed by atoms with van der Waals surface area (Å²) in [5, 5.41) is 19.2. The first-order valence-corrected chi connectivity index (χ1v) is 10.4. The Balaban J connectivity index is 1.62. The number of phenols is 1. The number of thiazole rings is 1. The number of anilines is 1. The van der Waals surface area contributed by atoms with E-state index in [1.165, 1.54) is 11.3 Å². The molecule has 150 valence electrons. The van der Waals surface area contributed by atoms with Gasteiger partial charge in [0.05, 0.1) is 10.9 Å². The zero-order chi connectivity index (χ0) is 20.0. The molecule has 28 heavy (non-hydrogen) atoms. The fourth-order valence-electron chi connectivity index (χ4n) is 3.90. The number of hydrogen-bond donors (Lipinski definition) is 2. The number of fused-ring (bicyclic) bond motifs is 1. The number of likely N-dealkylation sites (N-methyl/N-ethyl adjacent to an activating group) is 1. The van der Waals surface area contributed by atoms with Gasteiger partial charge in [-0.2, -0.15) is 4.98 Å². The molecule has 0 bridgehead atoms. The number of nitrogens with one attached hydrogen (secondary N) is 1. The van der Waals surface area contributed by atoms with Gasteiger partial charge in [0.1, 0.15) is 17.6 Å². The average Bonchev–Trinajstić information content (AvgIpc) is 3.11. The van der Waals surface area contributed by atoms with Crippen molar-refractivity contribution >= 4 is 26.8 Å². The number of nitrogens with zero attached hydrogens (tertiary/aromatic N) is 4. The number of likely N-dealkylation sites (tertiary alicyclic amines) is 1. The zero-order valence-corrected chi connectivity index (χ0v) is 17.4. The van der Waals surface area contributed by atoms with Crippen molar-refractivity contribution in [3.63, 3.8) is 0 Å². The van der Waals surface area contributed by atoms with E-state index in [0.717, 1.165) is 27.5 Å². The Morgan fingerprint density at radius 1 is 1.32 bits per heavy atom. The van der Waals surface area contributed by atoms with Crippen LogP contribution in [0.5, 0.6) is 5.75 Å². The van der Waals surface area contributed by atoms with Crippen molar-refractivity contribution < 1.29 is 9.50 Å². The maximum Gasteiger partial charge on any atom is 0.194 e. The van der Waals surface area contributed by atoms with Crippen molar-refractivity contribution in [3.8, 4) is 11.4 Å². The minimum Gasteiger partial charge on any atom is -0.506 e. The SMILES string of the molecule is Cc1cc(O)c(-n2cc3sc(N[C@@H]4C[C@@H](F)CN(C)C4)nc3n2)c(C(C)C)c1. The van der Waals surface area contributed by atoms with Crippen LogP contribution in [0.2, 0.25) is 0 Å². The molecule has 0 saturated carbocycles. The molecule has 0 spiro atoms. The predicted octanol–water partition coefficient (Wildman–Crippen LogP) is 4.07. The maximum absolute atomic E-state index is 13.8. The number of halogens is 1. The first-order chi connectivity index (χ1) is 13.3. The summed E-state index contributed by atoms with van der Waals surface area (Å²) < 4.78 is 16.4. The van der Waals surface area contributed by atoms with Gasteiger partial charge in [-0.05, 0) is 37.1 Å². The largest absolute Gasteiger partial charge is 0.506 e. The van der Waals surface area contributed by atoms with E-state index in [1.54, 1.807) is 10.7 Å². The number of benzene rings is 1. The van der Waals surface area contributed by atoms with Gasteiger partial charge in [0, 0.05) is 25.6 Å². The molecule has 1 aliphatic rings. The van der Waals surface area contributed by atoms with Gasteiger partial charge in [-0.3, -0.25) is 0 Å². The second kappa shape index (κ2) is 7.33. The average molecular weight is 404 g/mol. The molecule has 1 aromatic carbocycles. The molecule has 1 aliphatic heterocycles. The normalized spacial score (nSPS) is 20.9. The van der Waals surface area contributed by atoms with Crippen LogP contribution in [0.4, 0.5) is 9.52 Å². The van der Waals surface area contributed by atoms with E-state index in [9.17, 15) is 9.50 Å². The highest BCUT2D eigenvalue weighted by Gasteiger charge is 2.26. The van der Waals surface area contributed by atoms with Crippen molar-refractivity contribution in [1.29, 1.82) is 0 Å². The maximum atomic E-state index is 13.8. The number of alkyl halides is 1. The lowest BCUT2D eigenvalue weighted by Crippen LogP contribution is -2.45. The van der Waals surface area contributed by atoms with Gasteiger partial charge in [-0.15, -0.1) is 5.10 Å². The molecule has 3 aromatic rings. The molecule has 4 rings (SSSR count). The van der Waals surface area contributed by atoms with E-state index in [2.05, 4.69) is 35.3 Å². The Hall–Kier alpha value is -2.19. The molecule has 1 fully saturated rings. The Morgan fingerprint density at radius 3 is 2.79 bits per heavy atom. The van der Waals surface area contributed by atoms with Crippen molar-refractivity contribution in [2.45, 2.75) is 45.3 Å². The summed E-state index contributed by atoms with van der Waals surface area (Å²) in [6, 6.07) is 3.89. The van der Waals surface area contributed by atoms with Crippen molar-refractivity contribution in [3.05, 3.63) is 29.5 Å². The van der Waals surface area contributed by atoms with Crippen molar-refractivity contribution in [2.75, 3.05) is 25.5 Å². The molecular formula is C20H26FN5OS. The number of aromatic nitrogens is 3. The number of rotatable bonds is 4. The monoisotopic (exact) mass is 403 g/mol. The standard InChI is InChI=1S/C20H26FN5OS/c1-11(2)15-5-12(3)6-16(27)18(15)26-10-17-19(24-26)23-20(28-17)22-14-7-13(21)8-25(4)9-14/h5-6,10-11,13-14,27H,7-9H2,1-4H3,(H,22,23,24)/t13-,14-/m1/s1. The predicted molar refractivity (Wildman–Crippen MR) is 112 cm³/mol. The Labute approximate surface area is 168 Å². The van der Waals surface area contributed by atoms with Crippen LogP contribution in [0.3, 0.4) is 0 Å². The van der Waals surface area contributed by atoms with Crippen LogP contribution in [0, 0.1) is 6.92 Å². The molecule has 1 saturated heterocycles. The van der Waals surface area contributed by atoms with Crippen LogP contribution in [0.1, 0.15) is 37.3 Å². The Morgan fingerprint density at radius 2 is 2.11 bits per heavy atom. The highest BCUT2D eigenvalue weighted by atomic mass is 32.1. The summed E-state index contributed by atoms with van der Waals surface area (Å²) in [5.41, 5.74) is 3.40. The second-order valence-corrected chi connectivity index (χ2v) is 9.08. The summed E-state index contributed by atoms with van der Waals surface area (Å²) in [5.74, 6) is 0.474. The van der Waals surface area contributed by atoms with Crippen LogP contribution < -0.4 is 5.32 Å². The van der Waals surface area contributed by atoms with Crippen LogP contribution in [0.25, 0.3) is 16.0 Å². The van der Waals surface area contributed by atoms with Gasteiger partial charge < -0.3 is 15.3 Å². The number of aryl methyl sites for hydroxylation is 1. The Bertz CT molecular complexity index is 957. The van der Waals surface area contributed by atoms with E-state index in [4.69, 9.17) is 0 Å². The molecule has 8 heteroatoms. The second-order valence-electron chi connectivity index (χ2n) is 8.05. The summed E-state index contributed by atoms with van der Waals surface area (Å²) in [7, 11) is 1.93. The lowest BCUT2D eigenvalue weighted by molar-refractivity contribution is 0.153. The summed E-state index contributed by atoms with van der Waals surface area (Å²) in [6.45, 7) is 7.46. The fourth-order valence-corrected chi connectivity index (χ4v) is 4.80. The quantitative estimate of drug-likeness (QED) is 0.687. The fraction of sp³-hybridized carbons (Fsp3) is 0.500. The molecule has 2 atom stereocenters. The van der Waals surface area contributed by atoms with E-state index in [1.807, 2.05) is 25.1 Å². The van der Waals surface area contributed by atoms with Crippen LogP contribution in [0.15, 0.2) is 18.3 Å². The molecule has 2 N–H and O–H groups in total.